The van der Waals surface area contributed by atoms with Gasteiger partial charge >= 0.3 is 6.18 Å². The average molecular weight is 346 g/mol. The number of alkyl halides is 3. The van der Waals surface area contributed by atoms with E-state index in [1.165, 1.54) is 24.3 Å². The van der Waals surface area contributed by atoms with Crippen molar-refractivity contribution in [2.24, 2.45) is 5.73 Å². The van der Waals surface area contributed by atoms with Gasteiger partial charge in [-0.15, -0.1) is 0 Å². The van der Waals surface area contributed by atoms with Gasteiger partial charge in [0.15, 0.2) is 5.60 Å². The predicted molar refractivity (Wildman–Crippen MR) is 79.1 cm³/mol. The van der Waals surface area contributed by atoms with E-state index in [2.05, 4.69) is 4.74 Å². The summed E-state index contributed by atoms with van der Waals surface area (Å²) in [6.07, 6.45) is -3.86. The van der Waals surface area contributed by atoms with Gasteiger partial charge in [-0.3, -0.25) is 9.59 Å². The molecule has 9 heteroatoms. The summed E-state index contributed by atoms with van der Waals surface area (Å²) in [5.41, 5.74) is 1.93. The van der Waals surface area contributed by atoms with Crippen molar-refractivity contribution in [2.75, 3.05) is 13.2 Å². The number of nitrogens with two attached hydrogens (primary N) is 1. The zero-order valence-electron chi connectivity index (χ0n) is 12.8. The number of nitrogens with one attached hydrogen (secondary N) is 1. The summed E-state index contributed by atoms with van der Waals surface area (Å²) < 4.78 is 43.6. The molecule has 4 N–H and O–H groups in total. The number of hydrogen-bond donors (Lipinski definition) is 3. The lowest BCUT2D eigenvalue weighted by molar-refractivity contribution is -0.237. The van der Waals surface area contributed by atoms with Crippen molar-refractivity contribution in [1.29, 1.82) is 0 Å². The Morgan fingerprint density at radius 2 is 1.79 bits per heavy atom. The number of carbonyl (C=O) groups is 2. The molecule has 0 aliphatic rings. The van der Waals surface area contributed by atoms with Crippen LogP contribution in [0.25, 0.3) is 0 Å². The zero-order valence-corrected chi connectivity index (χ0v) is 12.8. The number of hydrogen-bond acceptors (Lipinski definition) is 4. The standard InChI is InChI=1S/C15H17F3N2O4/c1-2-24-8-7-14(23,15(16,17)18)9-20-13(22)11-5-3-10(4-6-11)12(19)21/h3-8,23H,2,9H2,1H3,(H2,19,21)(H,20,22). The molecule has 0 aliphatic carbocycles. The van der Waals surface area contributed by atoms with Gasteiger partial charge in [-0.05, 0) is 37.3 Å². The molecule has 0 spiro atoms. The Morgan fingerprint density at radius 1 is 1.25 bits per heavy atom. The van der Waals surface area contributed by atoms with Crippen molar-refractivity contribution in [3.05, 3.63) is 47.7 Å². The average Bonchev–Trinajstić information content (AvgIpc) is 2.52. The van der Waals surface area contributed by atoms with Gasteiger partial charge in [0.05, 0.1) is 19.4 Å². The van der Waals surface area contributed by atoms with E-state index in [4.69, 9.17) is 5.73 Å². The third-order valence-electron chi connectivity index (χ3n) is 3.05. The van der Waals surface area contributed by atoms with Gasteiger partial charge in [0.1, 0.15) is 0 Å². The van der Waals surface area contributed by atoms with Crippen molar-refractivity contribution >= 4 is 11.8 Å². The van der Waals surface area contributed by atoms with Crippen molar-refractivity contribution < 1.29 is 32.6 Å². The molecule has 0 heterocycles. The summed E-state index contributed by atoms with van der Waals surface area (Å²) >= 11 is 0. The fourth-order valence-corrected chi connectivity index (χ4v) is 1.61. The normalized spacial score (nSPS) is 14.2. The van der Waals surface area contributed by atoms with Crippen molar-refractivity contribution in [3.8, 4) is 0 Å². The Labute approximate surface area is 136 Å². The fourth-order valence-electron chi connectivity index (χ4n) is 1.61. The molecule has 0 aromatic heterocycles. The highest BCUT2D eigenvalue weighted by Crippen LogP contribution is 2.31. The van der Waals surface area contributed by atoms with Gasteiger partial charge in [0, 0.05) is 11.1 Å². The van der Waals surface area contributed by atoms with Crippen molar-refractivity contribution in [2.45, 2.75) is 18.7 Å². The topological polar surface area (TPSA) is 102 Å². The molecule has 0 saturated carbocycles. The van der Waals surface area contributed by atoms with Gasteiger partial charge in [-0.2, -0.15) is 13.2 Å². The van der Waals surface area contributed by atoms with Gasteiger partial charge in [-0.1, -0.05) is 0 Å². The van der Waals surface area contributed by atoms with Crippen LogP contribution < -0.4 is 11.1 Å². The summed E-state index contributed by atoms with van der Waals surface area (Å²) in [5, 5.41) is 11.7. The first-order valence-electron chi connectivity index (χ1n) is 6.87. The molecule has 1 aromatic rings. The van der Waals surface area contributed by atoms with Gasteiger partial charge < -0.3 is 20.9 Å². The van der Waals surface area contributed by atoms with Crippen molar-refractivity contribution in [1.82, 2.24) is 5.32 Å². The number of amides is 2. The largest absolute Gasteiger partial charge is 0.502 e. The second-order valence-corrected chi connectivity index (χ2v) is 4.80. The van der Waals surface area contributed by atoms with Crippen LogP contribution >= 0.6 is 0 Å². The Kier molecular flexibility index (Phi) is 6.35. The minimum Gasteiger partial charge on any atom is -0.502 e. The lowest BCUT2D eigenvalue weighted by Crippen LogP contribution is -2.52. The van der Waals surface area contributed by atoms with E-state index in [0.29, 0.717) is 6.08 Å². The molecule has 1 atom stereocenters. The maximum absolute atomic E-state index is 13.0. The minimum absolute atomic E-state index is 0.0123. The van der Waals surface area contributed by atoms with Crippen LogP contribution in [0.2, 0.25) is 0 Å². The second-order valence-electron chi connectivity index (χ2n) is 4.80. The molecule has 1 rings (SSSR count). The lowest BCUT2D eigenvalue weighted by Gasteiger charge is -2.27. The van der Waals surface area contributed by atoms with E-state index in [-0.39, 0.29) is 17.7 Å². The van der Waals surface area contributed by atoms with E-state index < -0.39 is 30.1 Å². The van der Waals surface area contributed by atoms with Crippen LogP contribution in [0.4, 0.5) is 13.2 Å². The van der Waals surface area contributed by atoms with Gasteiger partial charge in [0.2, 0.25) is 5.91 Å². The molecule has 0 radical (unpaired) electrons. The molecule has 0 bridgehead atoms. The minimum atomic E-state index is -5.01. The van der Waals surface area contributed by atoms with Crippen LogP contribution in [0.3, 0.4) is 0 Å². The molecule has 0 saturated heterocycles. The zero-order chi connectivity index (χ0) is 18.4. The van der Waals surface area contributed by atoms with Crippen LogP contribution in [0, 0.1) is 0 Å². The first kappa shape index (κ1) is 19.5. The number of aliphatic hydroxyl groups is 1. The van der Waals surface area contributed by atoms with E-state index in [1.807, 2.05) is 5.32 Å². The molecule has 24 heavy (non-hydrogen) atoms. The van der Waals surface area contributed by atoms with Crippen LogP contribution in [-0.4, -0.2) is 41.8 Å². The van der Waals surface area contributed by atoms with Gasteiger partial charge in [-0.25, -0.2) is 0 Å². The number of carbonyl (C=O) groups excluding carboxylic acids is 2. The first-order chi connectivity index (χ1) is 11.1. The Hall–Kier alpha value is -2.55. The van der Waals surface area contributed by atoms with E-state index in [1.54, 1.807) is 6.92 Å². The molecule has 1 aromatic carbocycles. The maximum Gasteiger partial charge on any atom is 0.422 e. The van der Waals surface area contributed by atoms with E-state index in [0.717, 1.165) is 6.26 Å². The van der Waals surface area contributed by atoms with E-state index >= 15 is 0 Å². The molecular formula is C15H17F3N2O4. The molecule has 132 valence electrons. The Balaban J connectivity index is 2.82. The highest BCUT2D eigenvalue weighted by Gasteiger charge is 2.52. The predicted octanol–water partition coefficient (Wildman–Crippen LogP) is 1.36. The molecule has 1 unspecified atom stereocenters. The number of ether oxygens (including phenoxy) is 1. The lowest BCUT2D eigenvalue weighted by atomic mass is 10.0. The highest BCUT2D eigenvalue weighted by molar-refractivity contribution is 5.97. The van der Waals surface area contributed by atoms with Gasteiger partial charge in [0.25, 0.3) is 5.91 Å². The Morgan fingerprint density at radius 3 is 2.25 bits per heavy atom. The Bertz CT molecular complexity index is 614. The summed E-state index contributed by atoms with van der Waals surface area (Å²) in [6, 6.07) is 5.00. The molecular weight excluding hydrogens is 329 g/mol. The van der Waals surface area contributed by atoms with Crippen LogP contribution in [0.5, 0.6) is 0 Å². The third kappa shape index (κ3) is 4.98. The third-order valence-corrected chi connectivity index (χ3v) is 3.05. The smallest absolute Gasteiger partial charge is 0.422 e. The molecule has 0 fully saturated rings. The number of primary amides is 1. The van der Waals surface area contributed by atoms with Crippen LogP contribution in [0.1, 0.15) is 27.6 Å². The molecule has 0 aliphatic heterocycles. The first-order valence-corrected chi connectivity index (χ1v) is 6.87. The number of benzene rings is 1. The monoisotopic (exact) mass is 346 g/mol. The SMILES string of the molecule is CCOC=CC(O)(CNC(=O)c1ccc(C(N)=O)cc1)C(F)(F)F. The molecule has 6 nitrogen and oxygen atoms in total. The summed E-state index contributed by atoms with van der Waals surface area (Å²) in [7, 11) is 0. The number of rotatable bonds is 7. The van der Waals surface area contributed by atoms with E-state index in [9.17, 15) is 27.9 Å². The second kappa shape index (κ2) is 7.82. The van der Waals surface area contributed by atoms with Crippen LogP contribution in [-0.2, 0) is 4.74 Å². The summed E-state index contributed by atoms with van der Waals surface area (Å²) in [5.74, 6) is -1.55. The number of halogens is 3. The fraction of sp³-hybridized carbons (Fsp3) is 0.333. The summed E-state index contributed by atoms with van der Waals surface area (Å²) in [6.45, 7) is 0.591. The van der Waals surface area contributed by atoms with Crippen LogP contribution in [0.15, 0.2) is 36.6 Å². The maximum atomic E-state index is 13.0. The summed E-state index contributed by atoms with van der Waals surface area (Å²) in [4.78, 5) is 22.8. The van der Waals surface area contributed by atoms with Crippen molar-refractivity contribution in [3.63, 3.8) is 0 Å². The highest BCUT2D eigenvalue weighted by atomic mass is 19.4. The molecule has 2 amide bonds. The quantitative estimate of drug-likeness (QED) is 0.649.